The Labute approximate surface area is 148 Å². The molecule has 1 heterocycles. The molecule has 1 aliphatic rings. The van der Waals surface area contributed by atoms with Crippen molar-refractivity contribution in [1.82, 2.24) is 10.3 Å². The van der Waals surface area contributed by atoms with Gasteiger partial charge >= 0.3 is 0 Å². The molecule has 5 heteroatoms. The topological polar surface area (TPSA) is 46.2 Å². The summed E-state index contributed by atoms with van der Waals surface area (Å²) in [5.74, 6) is 0.542. The molecular formula is C19H23N3OS. The number of nitrogens with zero attached hydrogens (tertiary/aromatic N) is 1. The molecule has 0 radical (unpaired) electrons. The Morgan fingerprint density at radius 1 is 1.17 bits per heavy atom. The molecule has 24 heavy (non-hydrogen) atoms. The van der Waals surface area contributed by atoms with E-state index < -0.39 is 0 Å². The Balaban J connectivity index is 1.66. The van der Waals surface area contributed by atoms with E-state index in [0.717, 1.165) is 12.2 Å². The van der Waals surface area contributed by atoms with Crippen molar-refractivity contribution in [1.29, 1.82) is 0 Å². The number of anilines is 1. The number of hydrogen-bond acceptors (Lipinski definition) is 3. The smallest absolute Gasteiger partial charge is 0.237 e. The number of thiocarbonyl (C=S) groups is 1. The van der Waals surface area contributed by atoms with E-state index in [1.165, 1.54) is 31.2 Å². The van der Waals surface area contributed by atoms with Gasteiger partial charge in [0.15, 0.2) is 5.11 Å². The van der Waals surface area contributed by atoms with Gasteiger partial charge in [-0.1, -0.05) is 43.2 Å². The molecule has 2 aromatic rings. The minimum atomic E-state index is 0.173. The summed E-state index contributed by atoms with van der Waals surface area (Å²) in [5, 5.41) is 7.19. The largest absolute Gasteiger partial charge is 0.480 e. The fourth-order valence-electron chi connectivity index (χ4n) is 3.48. The third-order valence-electron chi connectivity index (χ3n) is 4.75. The minimum Gasteiger partial charge on any atom is -0.480 e. The standard InChI is InChI=1S/C19H23N3OS/c1-23-17-16(10-7-13-20-17)22-18(24)21-14-19(11-5-6-12-19)15-8-3-2-4-9-15/h2-4,7-10,13H,5-6,11-12,14H2,1H3,(H2,21,22,24). The van der Waals surface area contributed by atoms with Gasteiger partial charge in [-0.25, -0.2) is 4.98 Å². The number of hydrogen-bond donors (Lipinski definition) is 2. The van der Waals surface area contributed by atoms with Gasteiger partial charge in [-0.05, 0) is 42.8 Å². The predicted molar refractivity (Wildman–Crippen MR) is 102 cm³/mol. The maximum Gasteiger partial charge on any atom is 0.237 e. The van der Waals surface area contributed by atoms with Crippen LogP contribution in [0.3, 0.4) is 0 Å². The lowest BCUT2D eigenvalue weighted by Gasteiger charge is -2.30. The lowest BCUT2D eigenvalue weighted by atomic mass is 9.79. The molecule has 1 aliphatic carbocycles. The average molecular weight is 341 g/mol. The zero-order valence-electron chi connectivity index (χ0n) is 13.9. The van der Waals surface area contributed by atoms with Crippen molar-refractivity contribution in [3.8, 4) is 5.88 Å². The zero-order chi connectivity index (χ0) is 16.8. The fourth-order valence-corrected chi connectivity index (χ4v) is 3.66. The molecular weight excluding hydrogens is 318 g/mol. The van der Waals surface area contributed by atoms with Gasteiger partial charge in [-0.3, -0.25) is 0 Å². The Bertz CT molecular complexity index is 684. The van der Waals surface area contributed by atoms with Crippen molar-refractivity contribution in [2.75, 3.05) is 19.0 Å². The van der Waals surface area contributed by atoms with E-state index in [-0.39, 0.29) is 5.41 Å². The summed E-state index contributed by atoms with van der Waals surface area (Å²) in [7, 11) is 1.60. The van der Waals surface area contributed by atoms with E-state index in [0.29, 0.717) is 11.0 Å². The Kier molecular flexibility index (Phi) is 5.30. The van der Waals surface area contributed by atoms with Gasteiger partial charge in [0.1, 0.15) is 5.69 Å². The lowest BCUT2D eigenvalue weighted by molar-refractivity contribution is 0.400. The average Bonchev–Trinajstić information content (AvgIpc) is 3.11. The van der Waals surface area contributed by atoms with E-state index in [1.807, 2.05) is 12.1 Å². The SMILES string of the molecule is COc1ncccc1NC(=S)NCC1(c2ccccc2)CCCC1. The highest BCUT2D eigenvalue weighted by molar-refractivity contribution is 7.80. The molecule has 1 aromatic carbocycles. The lowest BCUT2D eigenvalue weighted by Crippen LogP contribution is -2.40. The molecule has 126 valence electrons. The van der Waals surface area contributed by atoms with Crippen molar-refractivity contribution >= 4 is 23.0 Å². The Hall–Kier alpha value is -2.14. The van der Waals surface area contributed by atoms with Gasteiger partial charge in [0.05, 0.1) is 7.11 Å². The maximum absolute atomic E-state index is 5.47. The Morgan fingerprint density at radius 3 is 2.62 bits per heavy atom. The molecule has 0 bridgehead atoms. The second kappa shape index (κ2) is 7.62. The quantitative estimate of drug-likeness (QED) is 0.808. The molecule has 0 saturated heterocycles. The minimum absolute atomic E-state index is 0.173. The molecule has 0 atom stereocenters. The number of benzene rings is 1. The number of ether oxygens (including phenoxy) is 1. The highest BCUT2D eigenvalue weighted by Gasteiger charge is 2.35. The van der Waals surface area contributed by atoms with Crippen molar-refractivity contribution in [2.45, 2.75) is 31.1 Å². The first kappa shape index (κ1) is 16.7. The number of rotatable bonds is 5. The monoisotopic (exact) mass is 341 g/mol. The summed E-state index contributed by atoms with van der Waals surface area (Å²) in [6.45, 7) is 0.839. The van der Waals surface area contributed by atoms with Crippen LogP contribution in [-0.2, 0) is 5.41 Å². The first-order valence-electron chi connectivity index (χ1n) is 8.33. The van der Waals surface area contributed by atoms with Crippen LogP contribution < -0.4 is 15.4 Å². The van der Waals surface area contributed by atoms with Gasteiger partial charge in [-0.2, -0.15) is 0 Å². The van der Waals surface area contributed by atoms with Crippen LogP contribution in [-0.4, -0.2) is 23.8 Å². The van der Waals surface area contributed by atoms with E-state index in [2.05, 4.69) is 45.9 Å². The molecule has 0 unspecified atom stereocenters. The Morgan fingerprint density at radius 2 is 1.92 bits per heavy atom. The number of pyridine rings is 1. The van der Waals surface area contributed by atoms with Crippen LogP contribution in [0.2, 0.25) is 0 Å². The molecule has 2 N–H and O–H groups in total. The highest BCUT2D eigenvalue weighted by Crippen LogP contribution is 2.40. The van der Waals surface area contributed by atoms with Gasteiger partial charge in [0, 0.05) is 18.2 Å². The third kappa shape index (κ3) is 3.67. The van der Waals surface area contributed by atoms with Gasteiger partial charge in [-0.15, -0.1) is 0 Å². The first-order valence-corrected chi connectivity index (χ1v) is 8.74. The van der Waals surface area contributed by atoms with Crippen molar-refractivity contribution in [3.63, 3.8) is 0 Å². The van der Waals surface area contributed by atoms with E-state index in [1.54, 1.807) is 13.3 Å². The van der Waals surface area contributed by atoms with Gasteiger partial charge in [0.2, 0.25) is 5.88 Å². The second-order valence-corrected chi connectivity index (χ2v) is 6.63. The summed E-state index contributed by atoms with van der Waals surface area (Å²) in [5.41, 5.74) is 2.35. The van der Waals surface area contributed by atoms with Crippen LogP contribution in [0.15, 0.2) is 48.7 Å². The van der Waals surface area contributed by atoms with Gasteiger partial charge in [0.25, 0.3) is 0 Å². The normalized spacial score (nSPS) is 15.7. The molecule has 1 aromatic heterocycles. The number of aromatic nitrogens is 1. The van der Waals surface area contributed by atoms with Gasteiger partial charge < -0.3 is 15.4 Å². The van der Waals surface area contributed by atoms with Crippen LogP contribution >= 0.6 is 12.2 Å². The maximum atomic E-state index is 5.47. The second-order valence-electron chi connectivity index (χ2n) is 6.22. The number of nitrogens with one attached hydrogen (secondary N) is 2. The number of methoxy groups -OCH3 is 1. The summed E-state index contributed by atoms with van der Waals surface area (Å²) < 4.78 is 5.25. The van der Waals surface area contributed by atoms with Crippen LogP contribution in [0.25, 0.3) is 0 Å². The molecule has 4 nitrogen and oxygen atoms in total. The third-order valence-corrected chi connectivity index (χ3v) is 4.99. The highest BCUT2D eigenvalue weighted by atomic mass is 32.1. The summed E-state index contributed by atoms with van der Waals surface area (Å²) in [6, 6.07) is 14.5. The van der Waals surface area contributed by atoms with Crippen LogP contribution in [0.4, 0.5) is 5.69 Å². The van der Waals surface area contributed by atoms with Crippen molar-refractivity contribution in [3.05, 3.63) is 54.2 Å². The summed E-state index contributed by atoms with van der Waals surface area (Å²) >= 11 is 5.47. The molecule has 0 amide bonds. The zero-order valence-corrected chi connectivity index (χ0v) is 14.7. The molecule has 1 fully saturated rings. The van der Waals surface area contributed by atoms with Crippen molar-refractivity contribution < 1.29 is 4.74 Å². The van der Waals surface area contributed by atoms with Crippen LogP contribution in [0.1, 0.15) is 31.2 Å². The molecule has 0 spiro atoms. The van der Waals surface area contributed by atoms with Crippen LogP contribution in [0, 0.1) is 0 Å². The van der Waals surface area contributed by atoms with Crippen LogP contribution in [0.5, 0.6) is 5.88 Å². The van der Waals surface area contributed by atoms with E-state index in [9.17, 15) is 0 Å². The first-order chi connectivity index (χ1) is 11.7. The summed E-state index contributed by atoms with van der Waals surface area (Å²) in [6.07, 6.45) is 6.63. The molecule has 3 rings (SSSR count). The van der Waals surface area contributed by atoms with E-state index in [4.69, 9.17) is 17.0 Å². The predicted octanol–water partition coefficient (Wildman–Crippen LogP) is 3.89. The molecule has 0 aliphatic heterocycles. The van der Waals surface area contributed by atoms with Crippen molar-refractivity contribution in [2.24, 2.45) is 0 Å². The van der Waals surface area contributed by atoms with E-state index >= 15 is 0 Å². The fraction of sp³-hybridized carbons (Fsp3) is 0.368. The molecule has 1 saturated carbocycles. The summed E-state index contributed by atoms with van der Waals surface area (Å²) in [4.78, 5) is 4.18.